The first kappa shape index (κ1) is 10.1. The summed E-state index contributed by atoms with van der Waals surface area (Å²) in [4.78, 5) is 4.34. The molecule has 0 unspecified atom stereocenters. The number of fused-ring (bicyclic) bond motifs is 1. The maximum Gasteiger partial charge on any atom is 0.0885 e. The monoisotopic (exact) mass is 235 g/mol. The van der Waals surface area contributed by atoms with Crippen molar-refractivity contribution in [3.8, 4) is 0 Å². The summed E-state index contributed by atoms with van der Waals surface area (Å²) in [5, 5.41) is 0.679. The number of aromatic nitrogens is 2. The van der Waals surface area contributed by atoms with Gasteiger partial charge in [0.2, 0.25) is 0 Å². The van der Waals surface area contributed by atoms with Gasteiger partial charge in [0.1, 0.15) is 0 Å². The summed E-state index contributed by atoms with van der Waals surface area (Å²) in [7, 11) is 2.06. The van der Waals surface area contributed by atoms with E-state index in [9.17, 15) is 0 Å². The molecule has 0 bridgehead atoms. The van der Waals surface area contributed by atoms with Gasteiger partial charge in [-0.15, -0.1) is 0 Å². The third-order valence-corrected chi connectivity index (χ3v) is 3.85. The minimum atomic E-state index is 0.196. The number of hydrogen-bond donors (Lipinski definition) is 1. The molecule has 0 aliphatic heterocycles. The van der Waals surface area contributed by atoms with E-state index >= 15 is 0 Å². The Morgan fingerprint density at radius 1 is 1.50 bits per heavy atom. The van der Waals surface area contributed by atoms with Crippen molar-refractivity contribution in [2.24, 2.45) is 12.8 Å². The Morgan fingerprint density at radius 2 is 2.25 bits per heavy atom. The van der Waals surface area contributed by atoms with Crippen LogP contribution < -0.4 is 5.73 Å². The summed E-state index contributed by atoms with van der Waals surface area (Å²) >= 11 is 5.96. The van der Waals surface area contributed by atoms with Crippen LogP contribution in [0.3, 0.4) is 0 Å². The van der Waals surface area contributed by atoms with Crippen molar-refractivity contribution in [1.29, 1.82) is 0 Å². The molecule has 4 heteroatoms. The zero-order valence-electron chi connectivity index (χ0n) is 9.20. The molecule has 1 aliphatic rings. The molecule has 1 aliphatic carbocycles. The van der Waals surface area contributed by atoms with Crippen molar-refractivity contribution in [1.82, 2.24) is 9.55 Å². The van der Waals surface area contributed by atoms with Crippen LogP contribution in [0.4, 0.5) is 0 Å². The van der Waals surface area contributed by atoms with E-state index in [2.05, 4.69) is 22.7 Å². The van der Waals surface area contributed by atoms with Gasteiger partial charge in [0.25, 0.3) is 0 Å². The summed E-state index contributed by atoms with van der Waals surface area (Å²) in [6.07, 6.45) is 4.05. The number of rotatable bonds is 2. The lowest BCUT2D eigenvalue weighted by atomic mass is 10.0. The lowest BCUT2D eigenvalue weighted by Crippen LogP contribution is -2.22. The first-order valence-corrected chi connectivity index (χ1v) is 5.86. The van der Waals surface area contributed by atoms with Gasteiger partial charge < -0.3 is 10.3 Å². The molecular formula is C12H14ClN3. The Balaban J connectivity index is 2.24. The molecule has 16 heavy (non-hydrogen) atoms. The molecule has 0 atom stereocenters. The summed E-state index contributed by atoms with van der Waals surface area (Å²) in [6, 6.07) is 4.10. The van der Waals surface area contributed by atoms with Crippen LogP contribution in [0, 0.1) is 0 Å². The number of nitrogens with two attached hydrogens (primary N) is 1. The summed E-state index contributed by atoms with van der Waals surface area (Å²) in [6.45, 7) is 0.713. The fourth-order valence-corrected chi connectivity index (χ4v) is 2.55. The predicted molar refractivity (Wildman–Crippen MR) is 65.7 cm³/mol. The van der Waals surface area contributed by atoms with E-state index in [1.165, 1.54) is 18.5 Å². The number of hydrogen-bond acceptors (Lipinski definition) is 2. The molecule has 1 fully saturated rings. The van der Waals surface area contributed by atoms with Crippen LogP contribution >= 0.6 is 11.6 Å². The maximum atomic E-state index is 5.96. The maximum absolute atomic E-state index is 5.96. The van der Waals surface area contributed by atoms with Gasteiger partial charge in [-0.3, -0.25) is 4.98 Å². The zero-order valence-corrected chi connectivity index (χ0v) is 9.96. The fourth-order valence-electron chi connectivity index (χ4n) is 2.40. The van der Waals surface area contributed by atoms with Gasteiger partial charge in [-0.2, -0.15) is 0 Å². The molecule has 0 spiro atoms. The summed E-state index contributed by atoms with van der Waals surface area (Å²) in [5.41, 5.74) is 9.44. The van der Waals surface area contributed by atoms with Crippen molar-refractivity contribution < 1.29 is 0 Å². The van der Waals surface area contributed by atoms with Gasteiger partial charge in [-0.1, -0.05) is 11.6 Å². The predicted octanol–water partition coefficient (Wildman–Crippen LogP) is 2.22. The first-order chi connectivity index (χ1) is 7.66. The second-order valence-corrected chi connectivity index (χ2v) is 5.07. The standard InChI is InChI=1S/C12H14ClN3/c1-16-10-4-8(13)6-15-9(10)5-11(16)12(7-14)2-3-12/h4-6H,2-3,7,14H2,1H3. The average molecular weight is 236 g/mol. The second kappa shape index (κ2) is 3.22. The molecule has 0 aromatic carbocycles. The Hall–Kier alpha value is -1.06. The lowest BCUT2D eigenvalue weighted by Gasteiger charge is -2.13. The van der Waals surface area contributed by atoms with Crippen molar-refractivity contribution in [3.05, 3.63) is 29.0 Å². The van der Waals surface area contributed by atoms with Crippen LogP contribution in [0.2, 0.25) is 5.02 Å². The van der Waals surface area contributed by atoms with E-state index in [0.29, 0.717) is 11.6 Å². The second-order valence-electron chi connectivity index (χ2n) is 4.63. The number of aryl methyl sites for hydroxylation is 1. The molecule has 0 radical (unpaired) electrons. The van der Waals surface area contributed by atoms with Gasteiger partial charge in [-0.05, 0) is 25.0 Å². The quantitative estimate of drug-likeness (QED) is 0.868. The average Bonchev–Trinajstić information content (AvgIpc) is 3.01. The zero-order chi connectivity index (χ0) is 11.3. The smallest absolute Gasteiger partial charge is 0.0885 e. The molecule has 2 N–H and O–H groups in total. The Morgan fingerprint density at radius 3 is 2.88 bits per heavy atom. The molecular weight excluding hydrogens is 222 g/mol. The van der Waals surface area contributed by atoms with Crippen molar-refractivity contribution in [2.75, 3.05) is 6.54 Å². The van der Waals surface area contributed by atoms with Gasteiger partial charge in [-0.25, -0.2) is 0 Å². The van der Waals surface area contributed by atoms with E-state index in [-0.39, 0.29) is 5.41 Å². The highest BCUT2D eigenvalue weighted by Gasteiger charge is 2.45. The minimum Gasteiger partial charge on any atom is -0.346 e. The molecule has 0 amide bonds. The highest BCUT2D eigenvalue weighted by molar-refractivity contribution is 6.31. The molecule has 2 aromatic rings. The first-order valence-electron chi connectivity index (χ1n) is 5.48. The molecule has 2 heterocycles. The Bertz CT molecular complexity index is 555. The van der Waals surface area contributed by atoms with Crippen LogP contribution in [-0.4, -0.2) is 16.1 Å². The van der Waals surface area contributed by atoms with Crippen LogP contribution in [0.1, 0.15) is 18.5 Å². The Kier molecular flexibility index (Phi) is 2.03. The van der Waals surface area contributed by atoms with Gasteiger partial charge in [0.15, 0.2) is 0 Å². The number of nitrogens with zero attached hydrogens (tertiary/aromatic N) is 2. The van der Waals surface area contributed by atoms with Crippen LogP contribution in [0.15, 0.2) is 18.3 Å². The molecule has 1 saturated carbocycles. The number of halogens is 1. The lowest BCUT2D eigenvalue weighted by molar-refractivity contribution is 0.645. The van der Waals surface area contributed by atoms with Crippen LogP contribution in [0.5, 0.6) is 0 Å². The van der Waals surface area contributed by atoms with E-state index < -0.39 is 0 Å². The van der Waals surface area contributed by atoms with Crippen molar-refractivity contribution >= 4 is 22.6 Å². The minimum absolute atomic E-state index is 0.196. The molecule has 84 valence electrons. The largest absolute Gasteiger partial charge is 0.346 e. The molecule has 0 saturated heterocycles. The van der Waals surface area contributed by atoms with Gasteiger partial charge in [0.05, 0.1) is 16.1 Å². The van der Waals surface area contributed by atoms with Gasteiger partial charge in [0, 0.05) is 30.9 Å². The molecule has 3 rings (SSSR count). The van der Waals surface area contributed by atoms with Crippen LogP contribution in [-0.2, 0) is 12.5 Å². The molecule has 3 nitrogen and oxygen atoms in total. The van der Waals surface area contributed by atoms with E-state index in [1.807, 2.05) is 6.07 Å². The highest BCUT2D eigenvalue weighted by Crippen LogP contribution is 2.48. The van der Waals surface area contributed by atoms with E-state index in [0.717, 1.165) is 11.0 Å². The summed E-state index contributed by atoms with van der Waals surface area (Å²) in [5.74, 6) is 0. The van der Waals surface area contributed by atoms with E-state index in [1.54, 1.807) is 6.20 Å². The fraction of sp³-hybridized carbons (Fsp3) is 0.417. The molecule has 2 aromatic heterocycles. The normalized spacial score (nSPS) is 17.9. The van der Waals surface area contributed by atoms with Crippen molar-refractivity contribution in [3.63, 3.8) is 0 Å². The van der Waals surface area contributed by atoms with Gasteiger partial charge >= 0.3 is 0 Å². The highest BCUT2D eigenvalue weighted by atomic mass is 35.5. The third kappa shape index (κ3) is 1.28. The summed E-state index contributed by atoms with van der Waals surface area (Å²) < 4.78 is 2.17. The Labute approximate surface area is 99.2 Å². The topological polar surface area (TPSA) is 43.8 Å². The third-order valence-electron chi connectivity index (χ3n) is 3.65. The van der Waals surface area contributed by atoms with Crippen molar-refractivity contribution in [2.45, 2.75) is 18.3 Å². The SMILES string of the molecule is Cn1c(C2(CN)CC2)cc2ncc(Cl)cc21. The number of pyridine rings is 1. The van der Waals surface area contributed by atoms with E-state index in [4.69, 9.17) is 17.3 Å². The van der Waals surface area contributed by atoms with Crippen LogP contribution in [0.25, 0.3) is 11.0 Å².